The lowest BCUT2D eigenvalue weighted by atomic mass is 10.1. The van der Waals surface area contributed by atoms with E-state index in [1.807, 2.05) is 6.92 Å². The Bertz CT molecular complexity index is 895. The molecule has 0 saturated heterocycles. The van der Waals surface area contributed by atoms with E-state index in [4.69, 9.17) is 11.6 Å². The van der Waals surface area contributed by atoms with Crippen LogP contribution in [0.15, 0.2) is 54.2 Å². The molecule has 0 aliphatic carbocycles. The molecule has 7 nitrogen and oxygen atoms in total. The Hall–Kier alpha value is -3.19. The zero-order valence-corrected chi connectivity index (χ0v) is 16.0. The van der Waals surface area contributed by atoms with E-state index < -0.39 is 16.7 Å². The van der Waals surface area contributed by atoms with Crippen LogP contribution in [-0.2, 0) is 4.79 Å². The van der Waals surface area contributed by atoms with Gasteiger partial charge in [0.1, 0.15) is 5.70 Å². The lowest BCUT2D eigenvalue weighted by Crippen LogP contribution is -2.35. The number of rotatable bonds is 8. The van der Waals surface area contributed by atoms with Gasteiger partial charge in [-0.1, -0.05) is 43.1 Å². The van der Waals surface area contributed by atoms with Crippen molar-refractivity contribution in [1.29, 1.82) is 0 Å². The highest BCUT2D eigenvalue weighted by Gasteiger charge is 2.16. The van der Waals surface area contributed by atoms with Gasteiger partial charge >= 0.3 is 0 Å². The highest BCUT2D eigenvalue weighted by molar-refractivity contribution is 6.32. The molecular weight excluding hydrogens is 382 g/mol. The summed E-state index contributed by atoms with van der Waals surface area (Å²) >= 11 is 6.15. The van der Waals surface area contributed by atoms with Crippen LogP contribution < -0.4 is 10.6 Å². The molecule has 0 bridgehead atoms. The van der Waals surface area contributed by atoms with Gasteiger partial charge in [0, 0.05) is 29.3 Å². The molecule has 8 heteroatoms. The number of nitrogens with zero attached hydrogens (tertiary/aromatic N) is 1. The van der Waals surface area contributed by atoms with Gasteiger partial charge in [-0.05, 0) is 36.3 Å². The van der Waals surface area contributed by atoms with E-state index in [0.717, 1.165) is 12.8 Å². The first-order chi connectivity index (χ1) is 13.4. The van der Waals surface area contributed by atoms with E-state index in [1.54, 1.807) is 24.3 Å². The molecule has 0 radical (unpaired) electrons. The van der Waals surface area contributed by atoms with E-state index >= 15 is 0 Å². The number of hydrogen-bond donors (Lipinski definition) is 2. The first kappa shape index (κ1) is 21.1. The van der Waals surface area contributed by atoms with Gasteiger partial charge in [-0.25, -0.2) is 0 Å². The van der Waals surface area contributed by atoms with Gasteiger partial charge in [-0.3, -0.25) is 19.7 Å². The molecule has 0 aromatic heterocycles. The second kappa shape index (κ2) is 10.2. The summed E-state index contributed by atoms with van der Waals surface area (Å²) in [5, 5.41) is 16.5. The molecule has 2 aromatic rings. The highest BCUT2D eigenvalue weighted by atomic mass is 35.5. The van der Waals surface area contributed by atoms with Crippen LogP contribution in [0.3, 0.4) is 0 Å². The number of carbonyl (C=O) groups is 2. The average molecular weight is 402 g/mol. The summed E-state index contributed by atoms with van der Waals surface area (Å²) in [6, 6.07) is 12.0. The standard InChI is InChI=1S/C20H20ClN3O4/c1-2-3-12-22-20(26)18(13-15-6-4-5-7-17(15)21)23-19(25)14-8-10-16(11-9-14)24(27)28/h4-11,13H,2-3,12H2,1H3,(H,22,26)(H,23,25)/b18-13-. The Labute approximate surface area is 167 Å². The largest absolute Gasteiger partial charge is 0.351 e. The summed E-state index contributed by atoms with van der Waals surface area (Å²) in [7, 11) is 0. The number of benzene rings is 2. The third-order valence-electron chi connectivity index (χ3n) is 3.85. The maximum Gasteiger partial charge on any atom is 0.269 e. The molecule has 28 heavy (non-hydrogen) atoms. The molecule has 0 saturated carbocycles. The smallest absolute Gasteiger partial charge is 0.269 e. The Morgan fingerprint density at radius 1 is 1.14 bits per heavy atom. The van der Waals surface area contributed by atoms with E-state index in [2.05, 4.69) is 10.6 Å². The van der Waals surface area contributed by atoms with Crippen molar-refractivity contribution in [3.05, 3.63) is 80.5 Å². The van der Waals surface area contributed by atoms with Crippen LogP contribution >= 0.6 is 11.6 Å². The molecule has 0 fully saturated rings. The number of hydrogen-bond acceptors (Lipinski definition) is 4. The van der Waals surface area contributed by atoms with Gasteiger partial charge in [-0.15, -0.1) is 0 Å². The van der Waals surface area contributed by atoms with Crippen molar-refractivity contribution in [2.45, 2.75) is 19.8 Å². The molecule has 0 aliphatic heterocycles. The zero-order valence-electron chi connectivity index (χ0n) is 15.3. The number of unbranched alkanes of at least 4 members (excludes halogenated alkanes) is 1. The number of amides is 2. The molecule has 0 atom stereocenters. The lowest BCUT2D eigenvalue weighted by Gasteiger charge is -2.11. The van der Waals surface area contributed by atoms with E-state index in [1.165, 1.54) is 30.3 Å². The maximum absolute atomic E-state index is 12.5. The molecule has 2 aromatic carbocycles. The van der Waals surface area contributed by atoms with Crippen molar-refractivity contribution in [2.24, 2.45) is 0 Å². The van der Waals surface area contributed by atoms with Gasteiger partial charge in [-0.2, -0.15) is 0 Å². The second-order valence-electron chi connectivity index (χ2n) is 5.95. The predicted molar refractivity (Wildman–Crippen MR) is 108 cm³/mol. The first-order valence-corrected chi connectivity index (χ1v) is 9.10. The third-order valence-corrected chi connectivity index (χ3v) is 4.20. The van der Waals surface area contributed by atoms with E-state index in [-0.39, 0.29) is 16.9 Å². The van der Waals surface area contributed by atoms with Crippen molar-refractivity contribution < 1.29 is 14.5 Å². The van der Waals surface area contributed by atoms with Crippen LogP contribution in [0, 0.1) is 10.1 Å². The normalized spacial score (nSPS) is 11.0. The minimum Gasteiger partial charge on any atom is -0.351 e. The average Bonchev–Trinajstić information content (AvgIpc) is 2.69. The number of nitro benzene ring substituents is 1. The van der Waals surface area contributed by atoms with Crippen LogP contribution in [0.1, 0.15) is 35.7 Å². The van der Waals surface area contributed by atoms with Crippen LogP contribution in [-0.4, -0.2) is 23.3 Å². The van der Waals surface area contributed by atoms with Gasteiger partial charge in [0.05, 0.1) is 4.92 Å². The number of carbonyl (C=O) groups excluding carboxylic acids is 2. The Morgan fingerprint density at radius 2 is 1.82 bits per heavy atom. The van der Waals surface area contributed by atoms with Crippen LogP contribution in [0.5, 0.6) is 0 Å². The predicted octanol–water partition coefficient (Wildman–Crippen LogP) is 3.94. The van der Waals surface area contributed by atoms with Gasteiger partial charge in [0.2, 0.25) is 0 Å². The molecule has 2 amide bonds. The Morgan fingerprint density at radius 3 is 2.43 bits per heavy atom. The molecule has 0 unspecified atom stereocenters. The first-order valence-electron chi connectivity index (χ1n) is 8.72. The maximum atomic E-state index is 12.5. The summed E-state index contributed by atoms with van der Waals surface area (Å²) in [4.78, 5) is 35.2. The zero-order chi connectivity index (χ0) is 20.5. The summed E-state index contributed by atoms with van der Waals surface area (Å²) < 4.78 is 0. The minimum atomic E-state index is -0.557. The van der Waals surface area contributed by atoms with Crippen molar-refractivity contribution in [1.82, 2.24) is 10.6 Å². The Balaban J connectivity index is 2.25. The number of halogens is 1. The van der Waals surface area contributed by atoms with E-state index in [0.29, 0.717) is 17.1 Å². The second-order valence-corrected chi connectivity index (χ2v) is 6.35. The minimum absolute atomic E-state index is 0.0348. The fourth-order valence-electron chi connectivity index (χ4n) is 2.31. The molecule has 0 heterocycles. The van der Waals surface area contributed by atoms with Crippen molar-refractivity contribution in [2.75, 3.05) is 6.54 Å². The van der Waals surface area contributed by atoms with Crippen molar-refractivity contribution in [3.8, 4) is 0 Å². The summed E-state index contributed by atoms with van der Waals surface area (Å²) in [5.74, 6) is -0.998. The summed E-state index contributed by atoms with van der Waals surface area (Å²) in [5.41, 5.74) is 0.680. The molecule has 0 spiro atoms. The topological polar surface area (TPSA) is 101 Å². The van der Waals surface area contributed by atoms with Crippen molar-refractivity contribution >= 4 is 35.2 Å². The van der Waals surface area contributed by atoms with Crippen molar-refractivity contribution in [3.63, 3.8) is 0 Å². The number of nitrogens with one attached hydrogen (secondary N) is 2. The van der Waals surface area contributed by atoms with E-state index in [9.17, 15) is 19.7 Å². The third kappa shape index (κ3) is 5.92. The van der Waals surface area contributed by atoms with Crippen LogP contribution in [0.25, 0.3) is 6.08 Å². The summed E-state index contributed by atoms with van der Waals surface area (Å²) in [6.45, 7) is 2.48. The van der Waals surface area contributed by atoms with Crippen LogP contribution in [0.2, 0.25) is 5.02 Å². The molecule has 0 aliphatic rings. The van der Waals surface area contributed by atoms with Gasteiger partial charge in [0.25, 0.3) is 17.5 Å². The summed E-state index contributed by atoms with van der Waals surface area (Å²) in [6.07, 6.45) is 3.22. The van der Waals surface area contributed by atoms with Gasteiger partial charge < -0.3 is 10.6 Å². The monoisotopic (exact) mass is 401 g/mol. The number of nitro groups is 1. The Kier molecular flexibility index (Phi) is 7.71. The van der Waals surface area contributed by atoms with Crippen LogP contribution in [0.4, 0.5) is 5.69 Å². The molecule has 2 rings (SSSR count). The fraction of sp³-hybridized carbons (Fsp3) is 0.200. The number of non-ortho nitro benzene ring substituents is 1. The molecule has 2 N–H and O–H groups in total. The molecular formula is C20H20ClN3O4. The lowest BCUT2D eigenvalue weighted by molar-refractivity contribution is -0.384. The SMILES string of the molecule is CCCCNC(=O)/C(=C/c1ccccc1Cl)NC(=O)c1ccc([N+](=O)[O-])cc1. The quantitative estimate of drug-likeness (QED) is 0.303. The van der Waals surface area contributed by atoms with Gasteiger partial charge in [0.15, 0.2) is 0 Å². The molecule has 146 valence electrons. The highest BCUT2D eigenvalue weighted by Crippen LogP contribution is 2.18. The fourth-order valence-corrected chi connectivity index (χ4v) is 2.50.